The number of hydrogen-bond acceptors (Lipinski definition) is 3. The molecule has 6 heteroatoms. The van der Waals surface area contributed by atoms with Crippen LogP contribution >= 0.6 is 0 Å². The van der Waals surface area contributed by atoms with Gasteiger partial charge in [0, 0.05) is 24.8 Å². The Morgan fingerprint density at radius 2 is 2.28 bits per heavy atom. The molecule has 1 saturated carbocycles. The molecule has 0 unspecified atom stereocenters. The van der Waals surface area contributed by atoms with E-state index in [1.807, 2.05) is 19.4 Å². The molecule has 0 radical (unpaired) electrons. The Morgan fingerprint density at radius 3 is 2.89 bits per heavy atom. The lowest BCUT2D eigenvalue weighted by molar-refractivity contribution is 0.410. The number of guanidine groups is 1. The number of nitrogens with two attached hydrogens (primary N) is 1. The van der Waals surface area contributed by atoms with Gasteiger partial charge < -0.3 is 5.32 Å². The van der Waals surface area contributed by atoms with Gasteiger partial charge >= 0.3 is 0 Å². The highest BCUT2D eigenvalue weighted by molar-refractivity contribution is 5.79. The van der Waals surface area contributed by atoms with Crippen LogP contribution in [0.5, 0.6) is 0 Å². The zero-order valence-electron chi connectivity index (χ0n) is 10.9. The molecule has 0 saturated heterocycles. The van der Waals surface area contributed by atoms with E-state index in [0.717, 1.165) is 5.56 Å². The number of hydrazine groups is 1. The predicted octanol–water partition coefficient (Wildman–Crippen LogP) is 0.662. The number of rotatable bonds is 3. The molecule has 1 aliphatic rings. The molecule has 0 atom stereocenters. The van der Waals surface area contributed by atoms with Gasteiger partial charge in [-0.15, -0.1) is 0 Å². The van der Waals surface area contributed by atoms with Crippen molar-refractivity contribution in [3.8, 4) is 0 Å². The van der Waals surface area contributed by atoms with Crippen molar-refractivity contribution in [2.75, 3.05) is 0 Å². The molecule has 4 N–H and O–H groups in total. The Labute approximate surface area is 108 Å². The van der Waals surface area contributed by atoms with Crippen LogP contribution in [0.15, 0.2) is 17.4 Å². The van der Waals surface area contributed by atoms with Crippen molar-refractivity contribution in [1.82, 2.24) is 20.5 Å². The summed E-state index contributed by atoms with van der Waals surface area (Å²) in [7, 11) is 1.90. The SMILES string of the molecule is Cn1cc(CN=C(NN)NC2CCCCC2)cn1. The van der Waals surface area contributed by atoms with Crippen molar-refractivity contribution in [3.63, 3.8) is 0 Å². The van der Waals surface area contributed by atoms with Gasteiger partial charge in [-0.1, -0.05) is 19.3 Å². The van der Waals surface area contributed by atoms with Gasteiger partial charge in [0.25, 0.3) is 0 Å². The fourth-order valence-corrected chi connectivity index (χ4v) is 2.30. The van der Waals surface area contributed by atoms with Gasteiger partial charge in [0.2, 0.25) is 5.96 Å². The Morgan fingerprint density at radius 1 is 1.50 bits per heavy atom. The van der Waals surface area contributed by atoms with Gasteiger partial charge in [0.05, 0.1) is 12.7 Å². The van der Waals surface area contributed by atoms with E-state index in [9.17, 15) is 0 Å². The lowest BCUT2D eigenvalue weighted by Gasteiger charge is -2.24. The second-order valence-corrected chi connectivity index (χ2v) is 4.81. The third-order valence-corrected chi connectivity index (χ3v) is 3.26. The molecule has 6 nitrogen and oxygen atoms in total. The predicted molar refractivity (Wildman–Crippen MR) is 71.7 cm³/mol. The highest BCUT2D eigenvalue weighted by atomic mass is 15.3. The van der Waals surface area contributed by atoms with Gasteiger partial charge in [-0.05, 0) is 12.8 Å². The molecule has 1 aromatic rings. The molecule has 0 aromatic carbocycles. The topological polar surface area (TPSA) is 80.3 Å². The number of aliphatic imine (C=N–C) groups is 1. The minimum Gasteiger partial charge on any atom is -0.353 e. The van der Waals surface area contributed by atoms with Crippen molar-refractivity contribution in [3.05, 3.63) is 18.0 Å². The molecule has 18 heavy (non-hydrogen) atoms. The molecule has 1 fully saturated rings. The molecule has 1 aromatic heterocycles. The van der Waals surface area contributed by atoms with Gasteiger partial charge in [0.15, 0.2) is 0 Å². The lowest BCUT2D eigenvalue weighted by atomic mass is 9.96. The monoisotopic (exact) mass is 250 g/mol. The van der Waals surface area contributed by atoms with Crippen LogP contribution in [0.2, 0.25) is 0 Å². The Hall–Kier alpha value is -1.56. The smallest absolute Gasteiger partial charge is 0.206 e. The van der Waals surface area contributed by atoms with Crippen molar-refractivity contribution in [2.45, 2.75) is 44.7 Å². The summed E-state index contributed by atoms with van der Waals surface area (Å²) < 4.78 is 1.77. The van der Waals surface area contributed by atoms with Crippen LogP contribution in [-0.2, 0) is 13.6 Å². The summed E-state index contributed by atoms with van der Waals surface area (Å²) >= 11 is 0. The summed E-state index contributed by atoms with van der Waals surface area (Å²) in [5.41, 5.74) is 3.72. The number of aromatic nitrogens is 2. The third-order valence-electron chi connectivity index (χ3n) is 3.26. The van der Waals surface area contributed by atoms with Crippen molar-refractivity contribution >= 4 is 5.96 Å². The molecule has 0 bridgehead atoms. The molecular weight excluding hydrogens is 228 g/mol. The maximum Gasteiger partial charge on any atom is 0.206 e. The van der Waals surface area contributed by atoms with Crippen LogP contribution in [-0.4, -0.2) is 21.8 Å². The molecular formula is C12H22N6. The van der Waals surface area contributed by atoms with Crippen molar-refractivity contribution < 1.29 is 0 Å². The normalized spacial score (nSPS) is 17.8. The van der Waals surface area contributed by atoms with E-state index >= 15 is 0 Å². The summed E-state index contributed by atoms with van der Waals surface area (Å²) in [5.74, 6) is 6.17. The number of nitrogens with one attached hydrogen (secondary N) is 2. The first kappa shape index (κ1) is 12.9. The van der Waals surface area contributed by atoms with E-state index in [-0.39, 0.29) is 0 Å². The van der Waals surface area contributed by atoms with Crippen molar-refractivity contribution in [1.29, 1.82) is 0 Å². The lowest BCUT2D eigenvalue weighted by Crippen LogP contribution is -2.47. The molecule has 2 rings (SSSR count). The second kappa shape index (κ2) is 6.39. The second-order valence-electron chi connectivity index (χ2n) is 4.81. The molecule has 0 amide bonds. The summed E-state index contributed by atoms with van der Waals surface area (Å²) in [6, 6.07) is 0.502. The Kier molecular flexibility index (Phi) is 4.58. The van der Waals surface area contributed by atoms with Crippen molar-refractivity contribution in [2.24, 2.45) is 17.9 Å². The van der Waals surface area contributed by atoms with Crippen LogP contribution in [0.4, 0.5) is 0 Å². The highest BCUT2D eigenvalue weighted by Crippen LogP contribution is 2.17. The van der Waals surface area contributed by atoms with Crippen LogP contribution in [0, 0.1) is 0 Å². The average Bonchev–Trinajstić information content (AvgIpc) is 2.81. The highest BCUT2D eigenvalue weighted by Gasteiger charge is 2.14. The van der Waals surface area contributed by atoms with Crippen LogP contribution < -0.4 is 16.6 Å². The van der Waals surface area contributed by atoms with E-state index in [1.165, 1.54) is 32.1 Å². The van der Waals surface area contributed by atoms with Gasteiger partial charge in [-0.25, -0.2) is 10.8 Å². The number of hydrogen-bond donors (Lipinski definition) is 3. The zero-order valence-corrected chi connectivity index (χ0v) is 10.9. The van der Waals surface area contributed by atoms with Gasteiger partial charge in [0.1, 0.15) is 0 Å². The van der Waals surface area contributed by atoms with E-state index in [4.69, 9.17) is 5.84 Å². The Bertz CT molecular complexity index is 391. The first-order valence-corrected chi connectivity index (χ1v) is 6.53. The summed E-state index contributed by atoms with van der Waals surface area (Å²) in [6.45, 7) is 0.590. The summed E-state index contributed by atoms with van der Waals surface area (Å²) in [4.78, 5) is 4.44. The van der Waals surface area contributed by atoms with Crippen LogP contribution in [0.3, 0.4) is 0 Å². The van der Waals surface area contributed by atoms with Crippen LogP contribution in [0.1, 0.15) is 37.7 Å². The fraction of sp³-hybridized carbons (Fsp3) is 0.667. The number of aryl methyl sites for hydroxylation is 1. The molecule has 1 heterocycles. The van der Waals surface area contributed by atoms with E-state index in [0.29, 0.717) is 18.5 Å². The van der Waals surface area contributed by atoms with Gasteiger partial charge in [-0.3, -0.25) is 10.1 Å². The van der Waals surface area contributed by atoms with Gasteiger partial charge in [-0.2, -0.15) is 5.10 Å². The minimum atomic E-state index is 0.502. The van der Waals surface area contributed by atoms with E-state index < -0.39 is 0 Å². The standard InChI is InChI=1S/C12H22N6/c1-18-9-10(8-15-18)7-14-12(17-13)16-11-5-3-2-4-6-11/h8-9,11H,2-7,13H2,1H3,(H2,14,16,17). The molecule has 100 valence electrons. The number of nitrogens with zero attached hydrogens (tertiary/aromatic N) is 3. The third kappa shape index (κ3) is 3.73. The summed E-state index contributed by atoms with van der Waals surface area (Å²) in [5, 5.41) is 7.48. The quantitative estimate of drug-likeness (QED) is 0.319. The largest absolute Gasteiger partial charge is 0.353 e. The maximum atomic E-state index is 5.50. The molecule has 0 aliphatic heterocycles. The average molecular weight is 250 g/mol. The molecule has 1 aliphatic carbocycles. The van der Waals surface area contributed by atoms with E-state index in [2.05, 4.69) is 20.8 Å². The Balaban J connectivity index is 1.86. The van der Waals surface area contributed by atoms with E-state index in [1.54, 1.807) is 4.68 Å². The zero-order chi connectivity index (χ0) is 12.8. The fourth-order valence-electron chi connectivity index (χ4n) is 2.30. The first-order valence-electron chi connectivity index (χ1n) is 6.53. The summed E-state index contributed by atoms with van der Waals surface area (Å²) in [6.07, 6.45) is 10.1. The molecule has 0 spiro atoms. The first-order chi connectivity index (χ1) is 8.78. The maximum absolute atomic E-state index is 5.50. The minimum absolute atomic E-state index is 0.502. The van der Waals surface area contributed by atoms with Crippen LogP contribution in [0.25, 0.3) is 0 Å².